The van der Waals surface area contributed by atoms with Crippen molar-refractivity contribution in [3.63, 3.8) is 0 Å². The van der Waals surface area contributed by atoms with E-state index < -0.39 is 67.9 Å². The zero-order chi connectivity index (χ0) is 56.5. The molecule has 2 heterocycles. The van der Waals surface area contributed by atoms with E-state index in [9.17, 15) is 29.2 Å². The molecule has 0 bridgehead atoms. The molecule has 21 heteroatoms. The van der Waals surface area contributed by atoms with Crippen LogP contribution < -0.4 is 31.4 Å². The van der Waals surface area contributed by atoms with Crippen molar-refractivity contribution in [1.82, 2.24) is 24.9 Å². The van der Waals surface area contributed by atoms with Crippen LogP contribution in [0.1, 0.15) is 83.3 Å². The summed E-state index contributed by atoms with van der Waals surface area (Å²) in [5.41, 5.74) is 0.0632. The third-order valence-corrected chi connectivity index (χ3v) is 14.6. The molecule has 1 unspecified atom stereocenters. The van der Waals surface area contributed by atoms with Gasteiger partial charge in [0.15, 0.2) is 6.23 Å². The number of hydrogen-bond acceptors (Lipinski definition) is 16. The van der Waals surface area contributed by atoms with Crippen molar-refractivity contribution in [2.75, 3.05) is 40.6 Å². The highest BCUT2D eigenvalue weighted by Crippen LogP contribution is 2.51. The average Bonchev–Trinajstić information content (AvgIpc) is 4.09. The van der Waals surface area contributed by atoms with Crippen molar-refractivity contribution < 1.29 is 51.9 Å². The molecule has 0 spiro atoms. The molecule has 6 aromatic rings. The number of methoxy groups -OCH3 is 2. The van der Waals surface area contributed by atoms with E-state index in [0.717, 1.165) is 5.56 Å². The van der Waals surface area contributed by atoms with Gasteiger partial charge < -0.3 is 37.5 Å². The zero-order valence-corrected chi connectivity index (χ0v) is 45.8. The Labute approximate surface area is 459 Å². The van der Waals surface area contributed by atoms with Crippen molar-refractivity contribution in [1.29, 1.82) is 5.26 Å². The van der Waals surface area contributed by atoms with Gasteiger partial charge in [0, 0.05) is 35.0 Å². The minimum absolute atomic E-state index is 0.0889. The second kappa shape index (κ2) is 28.0. The van der Waals surface area contributed by atoms with Gasteiger partial charge in [0.05, 0.1) is 46.5 Å². The largest absolute Gasteiger partial charge is 0.513 e. The fourth-order valence-electron chi connectivity index (χ4n) is 8.89. The molecule has 20 nitrogen and oxygen atoms in total. The third-order valence-electron chi connectivity index (χ3n) is 12.6. The Balaban J connectivity index is 1.35. The van der Waals surface area contributed by atoms with Crippen LogP contribution in [0.15, 0.2) is 160 Å². The molecule has 414 valence electrons. The average molecular weight is 1100 g/mol. The maximum atomic E-state index is 14.0. The predicted molar refractivity (Wildman–Crippen MR) is 295 cm³/mol. The van der Waals surface area contributed by atoms with Crippen LogP contribution in [-0.4, -0.2) is 109 Å². The molecule has 1 saturated heterocycles. The molecular weight excluding hydrogens is 1030 g/mol. The number of aromatic amines is 1. The smallest absolute Gasteiger partial charge is 0.497 e. The number of aliphatic imine (C=N–C) groups is 1. The van der Waals surface area contributed by atoms with Gasteiger partial charge in [-0.05, 0) is 99.8 Å². The van der Waals surface area contributed by atoms with Crippen molar-refractivity contribution >= 4 is 32.5 Å². The summed E-state index contributed by atoms with van der Waals surface area (Å²) in [6.07, 6.45) is -4.94. The van der Waals surface area contributed by atoms with Crippen LogP contribution in [0.2, 0.25) is 0 Å². The number of nitrogens with zero attached hydrogens (tertiary/aromatic N) is 4. The first-order valence-electron chi connectivity index (χ1n) is 25.5. The first-order chi connectivity index (χ1) is 38.2. The number of H-pyrrole nitrogens is 1. The van der Waals surface area contributed by atoms with Gasteiger partial charge in [-0.15, -0.1) is 0 Å². The Morgan fingerprint density at radius 1 is 0.759 bits per heavy atom. The number of benzene rings is 5. The molecule has 1 aliphatic rings. The van der Waals surface area contributed by atoms with Crippen LogP contribution in [0.3, 0.4) is 0 Å². The molecule has 2 amide bonds. The molecule has 1 aromatic heterocycles. The topological polar surface area (TPSA) is 243 Å². The molecule has 0 aliphatic carbocycles. The van der Waals surface area contributed by atoms with Crippen molar-refractivity contribution in [2.45, 2.75) is 83.3 Å². The number of rotatable bonds is 23. The second-order valence-electron chi connectivity index (χ2n) is 18.5. The number of aromatic nitrogens is 2. The van der Waals surface area contributed by atoms with Crippen LogP contribution in [-0.2, 0) is 33.6 Å². The number of nitrogens with one attached hydrogen (secondary N) is 3. The van der Waals surface area contributed by atoms with Gasteiger partial charge in [0.2, 0.25) is 5.96 Å². The van der Waals surface area contributed by atoms with Gasteiger partial charge in [-0.2, -0.15) is 5.26 Å². The van der Waals surface area contributed by atoms with Gasteiger partial charge in [-0.1, -0.05) is 91.0 Å². The Kier molecular flexibility index (Phi) is 20.8. The zero-order valence-electron chi connectivity index (χ0n) is 44.9. The van der Waals surface area contributed by atoms with Gasteiger partial charge in [-0.25, -0.2) is 14.3 Å². The fourth-order valence-corrected chi connectivity index (χ4v) is 10.5. The summed E-state index contributed by atoms with van der Waals surface area (Å²) >= 11 is 0. The van der Waals surface area contributed by atoms with E-state index in [2.05, 4.69) is 20.6 Å². The Morgan fingerprint density at radius 2 is 1.28 bits per heavy atom. The minimum Gasteiger partial charge on any atom is -0.497 e. The monoisotopic (exact) mass is 1100 g/mol. The van der Waals surface area contributed by atoms with Crippen LogP contribution in [0, 0.1) is 18.3 Å². The van der Waals surface area contributed by atoms with E-state index in [1.165, 1.54) is 17.7 Å². The molecule has 0 radical (unpaired) electrons. The number of carbonyl (C=O) groups excluding carboxylic acids is 3. The number of hydrogen-bond donors (Lipinski definition) is 3. The Bertz CT molecular complexity index is 3040. The molecule has 79 heavy (non-hydrogen) atoms. The summed E-state index contributed by atoms with van der Waals surface area (Å²) in [5, 5.41) is 14.6. The fraction of sp³-hybridized carbons (Fsp3) is 0.328. The summed E-state index contributed by atoms with van der Waals surface area (Å²) in [5.74, 6) is -0.0619. The standard InChI is InChI=1S/C58H64N7O13P/c1-38(2)65(39(3)4)79(78-57(70)74-34-17-32-59)77-49-48(37-75-58(43-22-15-10-16-23-43,44-24-28-46(71-6)29-25-44)45-26-30-47(72-7)31-27-45)76-54(64-36-40(5)51(66)63-56(64)69)50(49)73-35-33-60-55(61-52(67)41-18-11-8-12-19-41)62-53(68)42-20-13-9-14-21-42/h8-16,18-31,36,38-39,48-50,54H,17,33-35,37H2,1-7H3,(H,63,66,69)(H2,60,61,62,67,68)/t48-,49-,50-,54-,79?/m1/s1. The maximum absolute atomic E-state index is 14.0. The van der Waals surface area contributed by atoms with E-state index in [1.807, 2.05) is 117 Å². The van der Waals surface area contributed by atoms with Crippen LogP contribution in [0.4, 0.5) is 4.79 Å². The highest BCUT2D eigenvalue weighted by atomic mass is 31.2. The van der Waals surface area contributed by atoms with E-state index in [-0.39, 0.29) is 56.4 Å². The summed E-state index contributed by atoms with van der Waals surface area (Å²) < 4.78 is 53.7. The second-order valence-corrected chi connectivity index (χ2v) is 19.9. The molecule has 5 atom stereocenters. The minimum atomic E-state index is -2.44. The highest BCUT2D eigenvalue weighted by molar-refractivity contribution is 7.45. The number of aryl methyl sites for hydroxylation is 1. The number of amides is 2. The normalized spacial score (nSPS) is 16.4. The third kappa shape index (κ3) is 14.8. The van der Waals surface area contributed by atoms with E-state index in [4.69, 9.17) is 37.5 Å². The van der Waals surface area contributed by atoms with Gasteiger partial charge >= 0.3 is 20.4 Å². The van der Waals surface area contributed by atoms with Crippen molar-refractivity contribution in [3.05, 3.63) is 200 Å². The van der Waals surface area contributed by atoms with Gasteiger partial charge in [0.1, 0.15) is 42.0 Å². The van der Waals surface area contributed by atoms with E-state index >= 15 is 0 Å². The lowest BCUT2D eigenvalue weighted by atomic mass is 9.80. The molecular formula is C58H64N7O13P. The molecule has 5 aromatic carbocycles. The van der Waals surface area contributed by atoms with E-state index in [0.29, 0.717) is 33.8 Å². The van der Waals surface area contributed by atoms with Crippen LogP contribution >= 0.6 is 8.53 Å². The lowest BCUT2D eigenvalue weighted by Gasteiger charge is -2.39. The Hall–Kier alpha value is -8.02. The molecule has 0 saturated carbocycles. The number of nitriles is 1. The first-order valence-corrected chi connectivity index (χ1v) is 26.6. The SMILES string of the molecule is COc1ccc(C(OC[C@H]2O[C@@H](n3cc(C)c(=O)[nH]c3=O)[C@H](OCCN=C(NC(=O)c3ccccc3)NC(=O)c3ccccc3)[C@@H]2OP(OC(=O)OCCC#N)N(C(C)C)C(C)C)(c2ccccc2)c2ccc(OC)cc2)cc1. The maximum Gasteiger partial charge on any atom is 0.513 e. The number of guanidine groups is 1. The van der Waals surface area contributed by atoms with E-state index in [1.54, 1.807) is 74.9 Å². The molecule has 1 fully saturated rings. The number of carbonyl (C=O) groups is 3. The summed E-state index contributed by atoms with van der Waals surface area (Å²) in [4.78, 5) is 74.4. The quantitative estimate of drug-likeness (QED) is 0.0137. The van der Waals surface area contributed by atoms with Gasteiger partial charge in [-0.3, -0.25) is 39.6 Å². The highest BCUT2D eigenvalue weighted by Gasteiger charge is 2.52. The summed E-state index contributed by atoms with van der Waals surface area (Å²) in [7, 11) is 0.703. The lowest BCUT2D eigenvalue weighted by Crippen LogP contribution is -2.45. The lowest BCUT2D eigenvalue weighted by molar-refractivity contribution is -0.0973. The van der Waals surface area contributed by atoms with Crippen LogP contribution in [0.5, 0.6) is 11.5 Å². The van der Waals surface area contributed by atoms with Crippen molar-refractivity contribution in [3.8, 4) is 17.6 Å². The molecule has 7 rings (SSSR count). The molecule has 3 N–H and O–H groups in total. The number of ether oxygens (including phenoxy) is 6. The van der Waals surface area contributed by atoms with Gasteiger partial charge in [0.25, 0.3) is 17.4 Å². The Morgan fingerprint density at radius 3 is 1.78 bits per heavy atom. The predicted octanol–water partition coefficient (Wildman–Crippen LogP) is 8.17. The van der Waals surface area contributed by atoms with Crippen LogP contribution in [0.25, 0.3) is 0 Å². The molecule has 1 aliphatic heterocycles. The first kappa shape index (κ1) is 58.7. The summed E-state index contributed by atoms with van der Waals surface area (Å²) in [6.45, 7) is 8.15. The van der Waals surface area contributed by atoms with Crippen molar-refractivity contribution in [2.24, 2.45) is 4.99 Å². The summed E-state index contributed by atoms with van der Waals surface area (Å²) in [6, 6.07) is 42.5.